The molecule has 0 aliphatic carbocycles. The van der Waals surface area contributed by atoms with Crippen molar-refractivity contribution in [3.8, 4) is 6.07 Å². The molecule has 30 heavy (non-hydrogen) atoms. The van der Waals surface area contributed by atoms with Crippen LogP contribution in [0.4, 0.5) is 4.39 Å². The minimum Gasteiger partial charge on any atom is -0.365 e. The molecule has 4 nitrogen and oxygen atoms in total. The first-order chi connectivity index (χ1) is 14.7. The van der Waals surface area contributed by atoms with Gasteiger partial charge in [0.1, 0.15) is 23.7 Å². The standard InChI is InChI=1S/C25H24FN3O/c26-22-9-7-21(8-10-22)25(20-4-2-1-3-5-20)30-24-12-14-29(15-13-24)18-19-6-11-23(16-27)28-17-19/h1-11,17,24-25H,12-15,18H2. The third-order valence-electron chi connectivity index (χ3n) is 5.48. The van der Waals surface area contributed by atoms with Crippen LogP contribution in [0.5, 0.6) is 0 Å². The van der Waals surface area contributed by atoms with E-state index in [0.29, 0.717) is 5.69 Å². The van der Waals surface area contributed by atoms with Crippen molar-refractivity contribution in [3.05, 3.63) is 101 Å². The maximum Gasteiger partial charge on any atom is 0.140 e. The highest BCUT2D eigenvalue weighted by Gasteiger charge is 2.25. The lowest BCUT2D eigenvalue weighted by atomic mass is 10.00. The van der Waals surface area contributed by atoms with Gasteiger partial charge >= 0.3 is 0 Å². The fourth-order valence-electron chi connectivity index (χ4n) is 3.85. The normalized spacial score (nSPS) is 16.1. The van der Waals surface area contributed by atoms with Gasteiger partial charge in [0.25, 0.3) is 0 Å². The molecule has 0 radical (unpaired) electrons. The minimum absolute atomic E-state index is 0.149. The average Bonchev–Trinajstić information content (AvgIpc) is 2.80. The lowest BCUT2D eigenvalue weighted by molar-refractivity contribution is -0.0281. The quantitative estimate of drug-likeness (QED) is 0.592. The molecule has 0 bridgehead atoms. The van der Waals surface area contributed by atoms with Crippen molar-refractivity contribution in [1.82, 2.24) is 9.88 Å². The Hall–Kier alpha value is -3.07. The summed E-state index contributed by atoms with van der Waals surface area (Å²) in [5, 5.41) is 8.87. The van der Waals surface area contributed by atoms with Crippen LogP contribution in [0.3, 0.4) is 0 Å². The van der Waals surface area contributed by atoms with Crippen molar-refractivity contribution in [3.63, 3.8) is 0 Å². The summed E-state index contributed by atoms with van der Waals surface area (Å²) in [6.07, 6.45) is 3.60. The molecule has 0 amide bonds. The summed E-state index contributed by atoms with van der Waals surface area (Å²) >= 11 is 0. The number of piperidine rings is 1. The van der Waals surface area contributed by atoms with Crippen LogP contribution in [0.25, 0.3) is 0 Å². The van der Waals surface area contributed by atoms with Crippen molar-refractivity contribution < 1.29 is 9.13 Å². The molecule has 1 aromatic heterocycles. The topological polar surface area (TPSA) is 49.2 Å². The van der Waals surface area contributed by atoms with Gasteiger partial charge in [0.2, 0.25) is 0 Å². The number of hydrogen-bond donors (Lipinski definition) is 0. The van der Waals surface area contributed by atoms with Crippen LogP contribution in [0.1, 0.15) is 41.3 Å². The van der Waals surface area contributed by atoms with Gasteiger partial charge in [-0.25, -0.2) is 9.37 Å². The van der Waals surface area contributed by atoms with Crippen molar-refractivity contribution in [2.45, 2.75) is 31.6 Å². The van der Waals surface area contributed by atoms with E-state index in [1.54, 1.807) is 24.4 Å². The van der Waals surface area contributed by atoms with Gasteiger partial charge in [-0.15, -0.1) is 0 Å². The maximum absolute atomic E-state index is 13.4. The van der Waals surface area contributed by atoms with E-state index in [1.807, 2.05) is 30.3 Å². The van der Waals surface area contributed by atoms with Crippen molar-refractivity contribution >= 4 is 0 Å². The molecule has 1 saturated heterocycles. The number of likely N-dealkylation sites (tertiary alicyclic amines) is 1. The highest BCUT2D eigenvalue weighted by molar-refractivity contribution is 5.30. The Morgan fingerprint density at radius 2 is 1.70 bits per heavy atom. The molecule has 1 aliphatic rings. The van der Waals surface area contributed by atoms with E-state index in [1.165, 1.54) is 12.1 Å². The molecule has 3 aromatic rings. The van der Waals surface area contributed by atoms with E-state index in [9.17, 15) is 4.39 Å². The number of hydrogen-bond acceptors (Lipinski definition) is 4. The SMILES string of the molecule is N#Cc1ccc(CN2CCC(OC(c3ccccc3)c3ccc(F)cc3)CC2)cn1. The number of benzene rings is 2. The Morgan fingerprint density at radius 3 is 2.33 bits per heavy atom. The second kappa shape index (κ2) is 9.62. The molecule has 1 atom stereocenters. The summed E-state index contributed by atoms with van der Waals surface area (Å²) in [6.45, 7) is 2.71. The lowest BCUT2D eigenvalue weighted by Crippen LogP contribution is -2.37. The molecular weight excluding hydrogens is 377 g/mol. The molecule has 152 valence electrons. The van der Waals surface area contributed by atoms with E-state index in [2.05, 4.69) is 22.0 Å². The molecule has 5 heteroatoms. The van der Waals surface area contributed by atoms with Gasteiger partial charge in [-0.1, -0.05) is 48.5 Å². The van der Waals surface area contributed by atoms with E-state index < -0.39 is 0 Å². The van der Waals surface area contributed by atoms with Crippen molar-refractivity contribution in [2.24, 2.45) is 0 Å². The van der Waals surface area contributed by atoms with E-state index in [4.69, 9.17) is 10.00 Å². The second-order valence-electron chi connectivity index (χ2n) is 7.62. The van der Waals surface area contributed by atoms with E-state index >= 15 is 0 Å². The molecular formula is C25H24FN3O. The fourth-order valence-corrected chi connectivity index (χ4v) is 3.85. The summed E-state index contributed by atoms with van der Waals surface area (Å²) in [5.41, 5.74) is 3.60. The van der Waals surface area contributed by atoms with Gasteiger partial charge in [-0.05, 0) is 47.7 Å². The van der Waals surface area contributed by atoms with Gasteiger partial charge in [0, 0.05) is 25.8 Å². The van der Waals surface area contributed by atoms with Gasteiger partial charge in [0.15, 0.2) is 0 Å². The van der Waals surface area contributed by atoms with Crippen LogP contribution in [0, 0.1) is 17.1 Å². The molecule has 2 heterocycles. The molecule has 1 aliphatic heterocycles. The van der Waals surface area contributed by atoms with Crippen LogP contribution in [0.15, 0.2) is 72.9 Å². The summed E-state index contributed by atoms with van der Waals surface area (Å²) in [7, 11) is 0. The van der Waals surface area contributed by atoms with Crippen molar-refractivity contribution in [2.75, 3.05) is 13.1 Å². The predicted octanol–water partition coefficient (Wildman–Crippen LogP) is 4.86. The first kappa shape index (κ1) is 20.2. The number of aromatic nitrogens is 1. The van der Waals surface area contributed by atoms with Crippen LogP contribution in [-0.4, -0.2) is 29.1 Å². The third kappa shape index (κ3) is 5.10. The molecule has 0 N–H and O–H groups in total. The van der Waals surface area contributed by atoms with Gasteiger partial charge in [0.05, 0.1) is 6.10 Å². The maximum atomic E-state index is 13.4. The Kier molecular flexibility index (Phi) is 6.48. The molecule has 0 saturated carbocycles. The molecule has 4 rings (SSSR count). The molecule has 1 fully saturated rings. The molecule has 2 aromatic carbocycles. The third-order valence-corrected chi connectivity index (χ3v) is 5.48. The number of pyridine rings is 1. The van der Waals surface area contributed by atoms with Crippen LogP contribution < -0.4 is 0 Å². The zero-order chi connectivity index (χ0) is 20.8. The summed E-state index contributed by atoms with van der Waals surface area (Å²) < 4.78 is 19.9. The van der Waals surface area contributed by atoms with Gasteiger partial charge in [-0.2, -0.15) is 5.26 Å². The summed E-state index contributed by atoms with van der Waals surface area (Å²) in [5.74, 6) is -0.240. The Morgan fingerprint density at radius 1 is 1.00 bits per heavy atom. The monoisotopic (exact) mass is 401 g/mol. The largest absolute Gasteiger partial charge is 0.365 e. The summed E-state index contributed by atoms with van der Waals surface area (Å²) in [4.78, 5) is 6.54. The number of nitrogens with zero attached hydrogens (tertiary/aromatic N) is 3. The highest BCUT2D eigenvalue weighted by Crippen LogP contribution is 2.30. The Balaban J connectivity index is 1.39. The zero-order valence-electron chi connectivity index (χ0n) is 16.7. The van der Waals surface area contributed by atoms with Crippen molar-refractivity contribution in [1.29, 1.82) is 5.26 Å². The zero-order valence-corrected chi connectivity index (χ0v) is 16.7. The number of ether oxygens (including phenoxy) is 1. The predicted molar refractivity (Wildman–Crippen MR) is 113 cm³/mol. The molecule has 0 spiro atoms. The van der Waals surface area contributed by atoms with Gasteiger partial charge < -0.3 is 4.74 Å². The first-order valence-electron chi connectivity index (χ1n) is 10.2. The second-order valence-corrected chi connectivity index (χ2v) is 7.62. The van der Waals surface area contributed by atoms with Crippen LogP contribution >= 0.6 is 0 Å². The summed E-state index contributed by atoms with van der Waals surface area (Å²) in [6, 6.07) is 22.5. The number of rotatable bonds is 6. The first-order valence-corrected chi connectivity index (χ1v) is 10.2. The van der Waals surface area contributed by atoms with E-state index in [-0.39, 0.29) is 18.0 Å². The molecule has 1 unspecified atom stereocenters. The van der Waals surface area contributed by atoms with Gasteiger partial charge in [-0.3, -0.25) is 4.90 Å². The van der Waals surface area contributed by atoms with E-state index in [0.717, 1.165) is 49.2 Å². The number of nitriles is 1. The van der Waals surface area contributed by atoms with Crippen LogP contribution in [-0.2, 0) is 11.3 Å². The minimum atomic E-state index is -0.240. The highest BCUT2D eigenvalue weighted by atomic mass is 19.1. The number of halogens is 1. The Labute approximate surface area is 176 Å². The average molecular weight is 401 g/mol. The fraction of sp³-hybridized carbons (Fsp3) is 0.280. The van der Waals surface area contributed by atoms with Crippen LogP contribution in [0.2, 0.25) is 0 Å². The smallest absolute Gasteiger partial charge is 0.140 e. The Bertz CT molecular complexity index is 976. The lowest BCUT2D eigenvalue weighted by Gasteiger charge is -2.34.